The lowest BCUT2D eigenvalue weighted by Gasteiger charge is -2.12. The number of hydrogen-bond donors (Lipinski definition) is 1. The Morgan fingerprint density at radius 2 is 1.70 bits per heavy atom. The van der Waals surface area contributed by atoms with Crippen LogP contribution < -0.4 is 14.8 Å². The number of hydrogen-bond acceptors (Lipinski definition) is 4. The van der Waals surface area contributed by atoms with Gasteiger partial charge in [-0.2, -0.15) is 0 Å². The Labute approximate surface area is 172 Å². The normalized spacial score (nSPS) is 10.7. The minimum absolute atomic E-state index is 0.351. The number of methoxy groups -OCH3 is 1. The number of rotatable bonds is 7. The van der Waals surface area contributed by atoms with Crippen molar-refractivity contribution < 1.29 is 18.7 Å². The first kappa shape index (κ1) is 19.4. The first-order valence-corrected chi connectivity index (χ1v) is 9.43. The van der Waals surface area contributed by atoms with E-state index >= 15 is 0 Å². The molecule has 0 atom stereocenters. The molecule has 0 saturated carbocycles. The number of nitrogens with zero attached hydrogens (tertiary/aromatic N) is 2. The van der Waals surface area contributed by atoms with Crippen molar-refractivity contribution in [3.05, 3.63) is 84.2 Å². The number of anilines is 1. The van der Waals surface area contributed by atoms with Gasteiger partial charge >= 0.3 is 0 Å². The highest BCUT2D eigenvalue weighted by atomic mass is 19.1. The molecule has 0 bridgehead atoms. The SMILES string of the molecule is COc1ccc(OCCn2c(NC(=O)c3ccc(F)cc3)nc3ccccc32)cc1. The van der Waals surface area contributed by atoms with Gasteiger partial charge in [0.15, 0.2) is 0 Å². The molecule has 7 heteroatoms. The van der Waals surface area contributed by atoms with Gasteiger partial charge in [-0.05, 0) is 60.7 Å². The number of benzene rings is 3. The van der Waals surface area contributed by atoms with Crippen molar-refractivity contribution >= 4 is 22.9 Å². The van der Waals surface area contributed by atoms with E-state index in [0.29, 0.717) is 24.7 Å². The Bertz CT molecular complexity index is 1150. The Kier molecular flexibility index (Phi) is 5.61. The molecule has 30 heavy (non-hydrogen) atoms. The quantitative estimate of drug-likeness (QED) is 0.491. The van der Waals surface area contributed by atoms with E-state index in [1.54, 1.807) is 7.11 Å². The minimum atomic E-state index is -0.394. The predicted molar refractivity (Wildman–Crippen MR) is 113 cm³/mol. The van der Waals surface area contributed by atoms with Crippen LogP contribution in [0.1, 0.15) is 10.4 Å². The summed E-state index contributed by atoms with van der Waals surface area (Å²) in [5, 5.41) is 2.82. The molecule has 4 rings (SSSR count). The van der Waals surface area contributed by atoms with E-state index in [9.17, 15) is 9.18 Å². The van der Waals surface area contributed by atoms with Gasteiger partial charge in [-0.25, -0.2) is 9.37 Å². The van der Waals surface area contributed by atoms with Crippen LogP contribution in [0.4, 0.5) is 10.3 Å². The van der Waals surface area contributed by atoms with Gasteiger partial charge < -0.3 is 14.0 Å². The number of para-hydroxylation sites is 2. The van der Waals surface area contributed by atoms with Crippen molar-refractivity contribution in [3.8, 4) is 11.5 Å². The summed E-state index contributed by atoms with van der Waals surface area (Å²) < 4.78 is 26.0. The van der Waals surface area contributed by atoms with Gasteiger partial charge in [0, 0.05) is 5.56 Å². The fourth-order valence-corrected chi connectivity index (χ4v) is 3.10. The van der Waals surface area contributed by atoms with Crippen LogP contribution in [0, 0.1) is 5.82 Å². The molecule has 1 amide bonds. The number of nitrogens with one attached hydrogen (secondary N) is 1. The van der Waals surface area contributed by atoms with Crippen LogP contribution in [0.15, 0.2) is 72.8 Å². The van der Waals surface area contributed by atoms with Gasteiger partial charge in [-0.15, -0.1) is 0 Å². The van der Waals surface area contributed by atoms with Gasteiger partial charge in [-0.1, -0.05) is 12.1 Å². The average Bonchev–Trinajstić information content (AvgIpc) is 3.11. The highest BCUT2D eigenvalue weighted by Crippen LogP contribution is 2.21. The van der Waals surface area contributed by atoms with Crippen LogP contribution in [0.3, 0.4) is 0 Å². The Morgan fingerprint density at radius 3 is 2.43 bits per heavy atom. The molecule has 1 N–H and O–H groups in total. The second-order valence-corrected chi connectivity index (χ2v) is 6.56. The van der Waals surface area contributed by atoms with Gasteiger partial charge in [0.25, 0.3) is 5.91 Å². The summed E-state index contributed by atoms with van der Waals surface area (Å²) in [6.07, 6.45) is 0. The molecule has 0 radical (unpaired) electrons. The summed E-state index contributed by atoms with van der Waals surface area (Å²) in [6.45, 7) is 0.859. The monoisotopic (exact) mass is 405 g/mol. The number of ether oxygens (including phenoxy) is 2. The fourth-order valence-electron chi connectivity index (χ4n) is 3.10. The fraction of sp³-hybridized carbons (Fsp3) is 0.130. The summed E-state index contributed by atoms with van der Waals surface area (Å²) in [5.74, 6) is 1.13. The molecule has 1 aromatic heterocycles. The molecule has 0 unspecified atom stereocenters. The zero-order valence-corrected chi connectivity index (χ0v) is 16.3. The number of carbonyl (C=O) groups excluding carboxylic acids is 1. The van der Waals surface area contributed by atoms with Crippen molar-refractivity contribution in [1.82, 2.24) is 9.55 Å². The zero-order chi connectivity index (χ0) is 20.9. The number of halogens is 1. The number of carbonyl (C=O) groups is 1. The standard InChI is InChI=1S/C23H20FN3O3/c1-29-18-10-12-19(13-11-18)30-15-14-27-21-5-3-2-4-20(21)25-23(27)26-22(28)16-6-8-17(24)9-7-16/h2-13H,14-15H2,1H3,(H,25,26,28). The first-order chi connectivity index (χ1) is 14.6. The largest absolute Gasteiger partial charge is 0.497 e. The second-order valence-electron chi connectivity index (χ2n) is 6.56. The number of amides is 1. The molecule has 152 valence electrons. The molecule has 0 fully saturated rings. The van der Waals surface area contributed by atoms with Gasteiger partial charge in [0.2, 0.25) is 5.95 Å². The molecule has 6 nitrogen and oxygen atoms in total. The molecule has 0 aliphatic rings. The molecule has 0 aliphatic carbocycles. The van der Waals surface area contributed by atoms with E-state index in [1.807, 2.05) is 53.1 Å². The van der Waals surface area contributed by atoms with Crippen molar-refractivity contribution in [2.24, 2.45) is 0 Å². The summed E-state index contributed by atoms with van der Waals surface area (Å²) >= 11 is 0. The second kappa shape index (κ2) is 8.65. The Balaban J connectivity index is 1.52. The van der Waals surface area contributed by atoms with Crippen molar-refractivity contribution in [1.29, 1.82) is 0 Å². The van der Waals surface area contributed by atoms with Crippen LogP contribution >= 0.6 is 0 Å². The summed E-state index contributed by atoms with van der Waals surface area (Å²) in [7, 11) is 1.61. The third kappa shape index (κ3) is 4.25. The lowest BCUT2D eigenvalue weighted by molar-refractivity contribution is 0.102. The predicted octanol–water partition coefficient (Wildman–Crippen LogP) is 4.52. The van der Waals surface area contributed by atoms with E-state index in [4.69, 9.17) is 9.47 Å². The highest BCUT2D eigenvalue weighted by Gasteiger charge is 2.14. The van der Waals surface area contributed by atoms with Gasteiger partial charge in [0.1, 0.15) is 23.9 Å². The van der Waals surface area contributed by atoms with E-state index in [1.165, 1.54) is 24.3 Å². The topological polar surface area (TPSA) is 65.4 Å². The lowest BCUT2D eigenvalue weighted by atomic mass is 10.2. The van der Waals surface area contributed by atoms with E-state index < -0.39 is 5.82 Å². The number of imidazole rings is 1. The molecule has 0 saturated heterocycles. The van der Waals surface area contributed by atoms with Crippen molar-refractivity contribution in [3.63, 3.8) is 0 Å². The zero-order valence-electron chi connectivity index (χ0n) is 16.3. The van der Waals surface area contributed by atoms with E-state index in [-0.39, 0.29) is 5.91 Å². The van der Waals surface area contributed by atoms with Gasteiger partial charge in [0.05, 0.1) is 24.7 Å². The van der Waals surface area contributed by atoms with Crippen LogP contribution in [0.2, 0.25) is 0 Å². The Hall–Kier alpha value is -3.87. The van der Waals surface area contributed by atoms with E-state index in [2.05, 4.69) is 10.3 Å². The molecule has 0 spiro atoms. The maximum absolute atomic E-state index is 13.1. The molecular formula is C23H20FN3O3. The summed E-state index contributed by atoms with van der Waals surface area (Å²) in [6, 6.07) is 20.3. The maximum Gasteiger partial charge on any atom is 0.257 e. The van der Waals surface area contributed by atoms with Gasteiger partial charge in [-0.3, -0.25) is 10.1 Å². The lowest BCUT2D eigenvalue weighted by Crippen LogP contribution is -2.18. The summed E-state index contributed by atoms with van der Waals surface area (Å²) in [4.78, 5) is 17.1. The van der Waals surface area contributed by atoms with Crippen molar-refractivity contribution in [2.45, 2.75) is 6.54 Å². The highest BCUT2D eigenvalue weighted by molar-refractivity contribution is 6.04. The first-order valence-electron chi connectivity index (χ1n) is 9.43. The number of fused-ring (bicyclic) bond motifs is 1. The molecular weight excluding hydrogens is 385 g/mol. The third-order valence-corrected chi connectivity index (χ3v) is 4.63. The summed E-state index contributed by atoms with van der Waals surface area (Å²) in [5.41, 5.74) is 1.99. The maximum atomic E-state index is 13.1. The van der Waals surface area contributed by atoms with Crippen LogP contribution in [-0.2, 0) is 6.54 Å². The minimum Gasteiger partial charge on any atom is -0.497 e. The Morgan fingerprint density at radius 1 is 1.00 bits per heavy atom. The average molecular weight is 405 g/mol. The van der Waals surface area contributed by atoms with E-state index in [0.717, 1.165) is 22.5 Å². The van der Waals surface area contributed by atoms with Crippen LogP contribution in [-0.4, -0.2) is 29.2 Å². The molecule has 1 heterocycles. The van der Waals surface area contributed by atoms with Crippen LogP contribution in [0.25, 0.3) is 11.0 Å². The molecule has 3 aromatic carbocycles. The molecule has 4 aromatic rings. The number of aromatic nitrogens is 2. The molecule has 0 aliphatic heterocycles. The van der Waals surface area contributed by atoms with Crippen LogP contribution in [0.5, 0.6) is 11.5 Å². The smallest absolute Gasteiger partial charge is 0.257 e. The van der Waals surface area contributed by atoms with Crippen molar-refractivity contribution in [2.75, 3.05) is 19.0 Å². The third-order valence-electron chi connectivity index (χ3n) is 4.63.